The molecule has 4 nitrogen and oxygen atoms in total. The second-order valence-corrected chi connectivity index (χ2v) is 13.6. The van der Waals surface area contributed by atoms with Crippen molar-refractivity contribution in [2.24, 2.45) is 39.4 Å². The van der Waals surface area contributed by atoms with Gasteiger partial charge in [0.1, 0.15) is 0 Å². The molecule has 0 aliphatic heterocycles. The van der Waals surface area contributed by atoms with Crippen LogP contribution >= 0.6 is 0 Å². The van der Waals surface area contributed by atoms with E-state index in [-0.39, 0.29) is 39.5 Å². The monoisotopic (exact) mass is 482 g/mol. The van der Waals surface area contributed by atoms with Crippen LogP contribution in [0.5, 0.6) is 0 Å². The van der Waals surface area contributed by atoms with Crippen LogP contribution in [0.15, 0.2) is 34.9 Å². The Kier molecular flexibility index (Phi) is 6.36. The summed E-state index contributed by atoms with van der Waals surface area (Å²) in [6.07, 6.45) is 8.45. The first-order valence-corrected chi connectivity index (χ1v) is 13.7. The van der Waals surface area contributed by atoms with Crippen LogP contribution in [0.2, 0.25) is 0 Å². The predicted molar refractivity (Wildman–Crippen MR) is 140 cm³/mol. The lowest BCUT2D eigenvalue weighted by atomic mass is 9.42. The number of allylic oxidation sites excluding steroid dienone is 4. The summed E-state index contributed by atoms with van der Waals surface area (Å²) in [4.78, 5) is 25.2. The maximum absolute atomic E-state index is 14.0. The zero-order valence-electron chi connectivity index (χ0n) is 23.0. The van der Waals surface area contributed by atoms with Crippen molar-refractivity contribution in [3.05, 3.63) is 34.9 Å². The number of hydrogen-bond acceptors (Lipinski definition) is 3. The standard InChI is InChI=1S/C31H46O4/c1-18(10-9-11-19(2)27(34)35)21-12-15-30(7)26-22(32)16-23-28(4,5)24(33)13-14-29(23,6)25(26)20(3)17-31(21,30)8/h11,18,21,23-24,33H,3,9-10,12-17H2,1-2,4-8H3,(H,34,35)/b19-11-/t18-,21-,23+,24+,29-,30+,31-/m0/s1. The average Bonchev–Trinajstić information content (AvgIpc) is 3.03. The van der Waals surface area contributed by atoms with Gasteiger partial charge in [-0.2, -0.15) is 0 Å². The average molecular weight is 483 g/mol. The number of carbonyl (C=O) groups is 2. The van der Waals surface area contributed by atoms with Crippen molar-refractivity contribution < 1.29 is 19.8 Å². The van der Waals surface area contributed by atoms with Gasteiger partial charge in [-0.15, -0.1) is 0 Å². The van der Waals surface area contributed by atoms with Gasteiger partial charge in [-0.3, -0.25) is 4.79 Å². The van der Waals surface area contributed by atoms with Crippen molar-refractivity contribution in [1.82, 2.24) is 0 Å². The van der Waals surface area contributed by atoms with Gasteiger partial charge >= 0.3 is 5.97 Å². The molecule has 0 aromatic carbocycles. The summed E-state index contributed by atoms with van der Waals surface area (Å²) in [5, 5.41) is 20.0. The van der Waals surface area contributed by atoms with Gasteiger partial charge in [0.05, 0.1) is 6.10 Å². The number of aliphatic hydroxyl groups excluding tert-OH is 1. The quantitative estimate of drug-likeness (QED) is 0.418. The first kappa shape index (κ1) is 26.4. The lowest BCUT2D eigenvalue weighted by Gasteiger charge is -2.61. The van der Waals surface area contributed by atoms with Crippen molar-refractivity contribution in [3.8, 4) is 0 Å². The fourth-order valence-corrected chi connectivity index (χ4v) is 9.19. The highest BCUT2D eigenvalue weighted by Gasteiger charge is 2.66. The van der Waals surface area contributed by atoms with Crippen LogP contribution < -0.4 is 0 Å². The zero-order chi connectivity index (χ0) is 26.1. The molecule has 4 aliphatic rings. The van der Waals surface area contributed by atoms with E-state index in [2.05, 4.69) is 48.1 Å². The molecule has 35 heavy (non-hydrogen) atoms. The molecule has 0 heterocycles. The Bertz CT molecular complexity index is 1020. The van der Waals surface area contributed by atoms with Crippen LogP contribution in [0.4, 0.5) is 0 Å². The van der Waals surface area contributed by atoms with E-state index in [1.807, 2.05) is 6.08 Å². The topological polar surface area (TPSA) is 74.6 Å². The normalized spacial score (nSPS) is 41.8. The summed E-state index contributed by atoms with van der Waals surface area (Å²) in [6, 6.07) is 0. The zero-order valence-corrected chi connectivity index (χ0v) is 23.0. The molecule has 2 N–H and O–H groups in total. The van der Waals surface area contributed by atoms with Crippen LogP contribution in [0.3, 0.4) is 0 Å². The maximum Gasteiger partial charge on any atom is 0.330 e. The number of hydrogen-bond donors (Lipinski definition) is 2. The highest BCUT2D eigenvalue weighted by Crippen LogP contribution is 2.72. The lowest BCUT2D eigenvalue weighted by Crippen LogP contribution is -2.57. The van der Waals surface area contributed by atoms with Gasteiger partial charge in [-0.1, -0.05) is 59.8 Å². The van der Waals surface area contributed by atoms with Gasteiger partial charge in [0, 0.05) is 23.0 Å². The van der Waals surface area contributed by atoms with Gasteiger partial charge in [0.25, 0.3) is 0 Å². The highest BCUT2D eigenvalue weighted by atomic mass is 16.4. The van der Waals surface area contributed by atoms with Crippen molar-refractivity contribution in [3.63, 3.8) is 0 Å². The molecule has 2 saturated carbocycles. The molecule has 0 aromatic heterocycles. The highest BCUT2D eigenvalue weighted by molar-refractivity contribution is 6.00. The first-order chi connectivity index (χ1) is 16.1. The minimum atomic E-state index is -0.845. The molecule has 0 radical (unpaired) electrons. The smallest absolute Gasteiger partial charge is 0.330 e. The molecular weight excluding hydrogens is 436 g/mol. The predicted octanol–water partition coefficient (Wildman–Crippen LogP) is 6.89. The lowest BCUT2D eigenvalue weighted by molar-refractivity contribution is -0.133. The van der Waals surface area contributed by atoms with Gasteiger partial charge < -0.3 is 10.2 Å². The number of carboxylic acid groups (broad SMARTS) is 1. The van der Waals surface area contributed by atoms with E-state index in [0.717, 1.165) is 56.1 Å². The van der Waals surface area contributed by atoms with Crippen LogP contribution in [0.1, 0.15) is 99.8 Å². The summed E-state index contributed by atoms with van der Waals surface area (Å²) in [7, 11) is 0. The Labute approximate surface area is 212 Å². The van der Waals surface area contributed by atoms with Gasteiger partial charge in [-0.25, -0.2) is 4.79 Å². The molecule has 0 bridgehead atoms. The summed E-state index contributed by atoms with van der Waals surface area (Å²) in [6.45, 7) is 20.0. The third-order valence-corrected chi connectivity index (χ3v) is 11.6. The molecule has 7 atom stereocenters. The number of fused-ring (bicyclic) bond motifs is 4. The Morgan fingerprint density at radius 2 is 1.80 bits per heavy atom. The van der Waals surface area contributed by atoms with E-state index in [1.165, 1.54) is 5.57 Å². The van der Waals surface area contributed by atoms with Crippen LogP contribution in [0, 0.1) is 39.4 Å². The number of carboxylic acids is 1. The number of ketones is 1. The number of aliphatic carboxylic acids is 1. The summed E-state index contributed by atoms with van der Waals surface area (Å²) in [5.74, 6) is 0.491. The molecule has 4 heteroatoms. The Balaban J connectivity index is 1.71. The molecule has 4 rings (SSSR count). The van der Waals surface area contributed by atoms with Gasteiger partial charge in [0.15, 0.2) is 5.78 Å². The number of carbonyl (C=O) groups excluding carboxylic acids is 1. The maximum atomic E-state index is 14.0. The Hall–Kier alpha value is -1.68. The molecule has 0 saturated heterocycles. The number of aliphatic hydroxyl groups is 1. The molecule has 0 unspecified atom stereocenters. The SMILES string of the molecule is C=C1C[C@@]2(C)[C@H]([C@@H](C)CC/C=C(/C)C(=O)O)CC[C@]2(C)C2=C1[C@@]1(C)CC[C@@H](O)C(C)(C)[C@H]1CC2=O. The fourth-order valence-electron chi connectivity index (χ4n) is 9.19. The van der Waals surface area contributed by atoms with E-state index in [1.54, 1.807) is 6.92 Å². The second kappa shape index (κ2) is 8.43. The molecule has 0 amide bonds. The summed E-state index contributed by atoms with van der Waals surface area (Å²) >= 11 is 0. The molecule has 4 aliphatic carbocycles. The van der Waals surface area contributed by atoms with Crippen molar-refractivity contribution in [1.29, 1.82) is 0 Å². The van der Waals surface area contributed by atoms with E-state index in [9.17, 15) is 19.8 Å². The minimum absolute atomic E-state index is 0.0313. The van der Waals surface area contributed by atoms with E-state index in [4.69, 9.17) is 0 Å². The molecule has 0 aromatic rings. The molecular formula is C31H46O4. The molecule has 2 fully saturated rings. The third kappa shape index (κ3) is 3.64. The largest absolute Gasteiger partial charge is 0.478 e. The second-order valence-electron chi connectivity index (χ2n) is 13.6. The first-order valence-electron chi connectivity index (χ1n) is 13.7. The Morgan fingerprint density at radius 1 is 1.14 bits per heavy atom. The van der Waals surface area contributed by atoms with E-state index in [0.29, 0.717) is 23.8 Å². The van der Waals surface area contributed by atoms with Crippen LogP contribution in [-0.2, 0) is 9.59 Å². The van der Waals surface area contributed by atoms with Crippen molar-refractivity contribution >= 4 is 11.8 Å². The van der Waals surface area contributed by atoms with Crippen molar-refractivity contribution in [2.45, 2.75) is 106 Å². The fraction of sp³-hybridized carbons (Fsp3) is 0.742. The third-order valence-electron chi connectivity index (χ3n) is 11.6. The van der Waals surface area contributed by atoms with Crippen molar-refractivity contribution in [2.75, 3.05) is 0 Å². The van der Waals surface area contributed by atoms with Gasteiger partial charge in [0.2, 0.25) is 0 Å². The number of rotatable bonds is 5. The Morgan fingerprint density at radius 3 is 2.43 bits per heavy atom. The van der Waals surface area contributed by atoms with Crippen LogP contribution in [0.25, 0.3) is 0 Å². The van der Waals surface area contributed by atoms with Crippen LogP contribution in [-0.4, -0.2) is 28.1 Å². The minimum Gasteiger partial charge on any atom is -0.478 e. The molecule has 194 valence electrons. The summed E-state index contributed by atoms with van der Waals surface area (Å²) < 4.78 is 0. The summed E-state index contributed by atoms with van der Waals surface area (Å²) in [5.41, 5.74) is 3.26. The van der Waals surface area contributed by atoms with Gasteiger partial charge in [-0.05, 0) is 91.4 Å². The van der Waals surface area contributed by atoms with E-state index >= 15 is 0 Å². The van der Waals surface area contributed by atoms with E-state index < -0.39 is 5.97 Å². The molecule has 0 spiro atoms. The number of Topliss-reactive ketones (excluding diaryl/α,β-unsaturated/α-hetero) is 1.